The number of furan rings is 1. The number of nitrogens with zero attached hydrogens (tertiary/aromatic N) is 1. The summed E-state index contributed by atoms with van der Waals surface area (Å²) in [5, 5.41) is 1.77. The molecule has 0 unspecified atom stereocenters. The van der Waals surface area contributed by atoms with Crippen LogP contribution in [0.2, 0.25) is 5.02 Å². The largest absolute Gasteiger partial charge is 0.492 e. The van der Waals surface area contributed by atoms with E-state index in [1.54, 1.807) is 0 Å². The van der Waals surface area contributed by atoms with Gasteiger partial charge in [0, 0.05) is 28.1 Å². The van der Waals surface area contributed by atoms with Gasteiger partial charge < -0.3 is 14.1 Å². The first-order chi connectivity index (χ1) is 11.0. The minimum Gasteiger partial charge on any atom is -0.492 e. The second-order valence-electron chi connectivity index (χ2n) is 5.87. The number of fused-ring (bicyclic) bond motifs is 1. The maximum atomic E-state index is 6.08. The fraction of sp³-hybridized carbons (Fsp3) is 0.263. The standard InChI is InChI=1S/C19H20ClNO2/c1-13-17-12-15(20)6-9-18(17)23-19(13)14-4-7-16(8-5-14)22-11-10-21(2)3/h4-9,12H,10-11H2,1-3H3. The molecule has 0 atom stereocenters. The molecule has 3 rings (SSSR count). The summed E-state index contributed by atoms with van der Waals surface area (Å²) in [5.41, 5.74) is 2.99. The Bertz CT molecular complexity index is 806. The van der Waals surface area contributed by atoms with Gasteiger partial charge in [-0.05, 0) is 63.5 Å². The van der Waals surface area contributed by atoms with Crippen LogP contribution in [0.3, 0.4) is 0 Å². The number of benzene rings is 2. The van der Waals surface area contributed by atoms with Crippen LogP contribution in [-0.4, -0.2) is 32.1 Å². The molecular formula is C19H20ClNO2. The molecule has 0 N–H and O–H groups in total. The van der Waals surface area contributed by atoms with E-state index in [4.69, 9.17) is 20.8 Å². The van der Waals surface area contributed by atoms with Crippen LogP contribution in [0.5, 0.6) is 5.75 Å². The number of aryl methyl sites for hydroxylation is 1. The molecule has 0 amide bonds. The van der Waals surface area contributed by atoms with Crippen LogP contribution in [0.1, 0.15) is 5.56 Å². The van der Waals surface area contributed by atoms with Crippen LogP contribution in [0.25, 0.3) is 22.3 Å². The fourth-order valence-corrected chi connectivity index (χ4v) is 2.69. The molecule has 0 saturated carbocycles. The third-order valence-electron chi connectivity index (χ3n) is 3.82. The molecule has 4 heteroatoms. The highest BCUT2D eigenvalue weighted by Gasteiger charge is 2.12. The molecule has 23 heavy (non-hydrogen) atoms. The minimum atomic E-state index is 0.675. The van der Waals surface area contributed by atoms with Gasteiger partial charge >= 0.3 is 0 Å². The van der Waals surface area contributed by atoms with E-state index in [0.29, 0.717) is 6.61 Å². The molecule has 0 spiro atoms. The third kappa shape index (κ3) is 3.52. The van der Waals surface area contributed by atoms with Crippen molar-refractivity contribution in [3.63, 3.8) is 0 Å². The summed E-state index contributed by atoms with van der Waals surface area (Å²) in [6.07, 6.45) is 0. The lowest BCUT2D eigenvalue weighted by atomic mass is 10.1. The highest BCUT2D eigenvalue weighted by molar-refractivity contribution is 6.31. The summed E-state index contributed by atoms with van der Waals surface area (Å²) >= 11 is 6.08. The van der Waals surface area contributed by atoms with Gasteiger partial charge in [-0.3, -0.25) is 0 Å². The number of hydrogen-bond acceptors (Lipinski definition) is 3. The molecule has 1 heterocycles. The van der Waals surface area contributed by atoms with Gasteiger partial charge in [0.15, 0.2) is 0 Å². The highest BCUT2D eigenvalue weighted by atomic mass is 35.5. The van der Waals surface area contributed by atoms with E-state index < -0.39 is 0 Å². The van der Waals surface area contributed by atoms with Crippen molar-refractivity contribution in [3.8, 4) is 17.1 Å². The molecule has 1 aromatic heterocycles. The molecule has 0 aliphatic rings. The van der Waals surface area contributed by atoms with Crippen molar-refractivity contribution in [3.05, 3.63) is 53.1 Å². The molecule has 0 bridgehead atoms. The maximum Gasteiger partial charge on any atom is 0.138 e. The van der Waals surface area contributed by atoms with Gasteiger partial charge in [0.25, 0.3) is 0 Å². The summed E-state index contributed by atoms with van der Waals surface area (Å²) in [6, 6.07) is 13.7. The zero-order valence-corrected chi connectivity index (χ0v) is 14.4. The molecule has 3 aromatic rings. The molecular weight excluding hydrogens is 310 g/mol. The molecule has 2 aromatic carbocycles. The topological polar surface area (TPSA) is 25.6 Å². The first-order valence-electron chi connectivity index (χ1n) is 7.61. The summed E-state index contributed by atoms with van der Waals surface area (Å²) < 4.78 is 11.7. The minimum absolute atomic E-state index is 0.675. The van der Waals surface area contributed by atoms with E-state index in [2.05, 4.69) is 11.8 Å². The lowest BCUT2D eigenvalue weighted by Crippen LogP contribution is -2.19. The summed E-state index contributed by atoms with van der Waals surface area (Å²) in [5.74, 6) is 1.74. The SMILES string of the molecule is Cc1c(-c2ccc(OCCN(C)C)cc2)oc2ccc(Cl)cc12. The van der Waals surface area contributed by atoms with E-state index in [0.717, 1.165) is 45.2 Å². The Balaban J connectivity index is 1.83. The van der Waals surface area contributed by atoms with Crippen molar-refractivity contribution in [1.82, 2.24) is 4.90 Å². The average Bonchev–Trinajstić information content (AvgIpc) is 2.85. The van der Waals surface area contributed by atoms with E-state index in [1.807, 2.05) is 56.6 Å². The van der Waals surface area contributed by atoms with Crippen LogP contribution in [0.4, 0.5) is 0 Å². The highest BCUT2D eigenvalue weighted by Crippen LogP contribution is 2.34. The number of halogens is 1. The molecule has 0 aliphatic carbocycles. The lowest BCUT2D eigenvalue weighted by Gasteiger charge is -2.11. The molecule has 120 valence electrons. The normalized spacial score (nSPS) is 11.3. The zero-order valence-electron chi connectivity index (χ0n) is 13.6. The first-order valence-corrected chi connectivity index (χ1v) is 7.99. The Hall–Kier alpha value is -1.97. The van der Waals surface area contributed by atoms with E-state index in [1.165, 1.54) is 0 Å². The summed E-state index contributed by atoms with van der Waals surface area (Å²) in [4.78, 5) is 2.09. The van der Waals surface area contributed by atoms with Gasteiger partial charge in [-0.2, -0.15) is 0 Å². The van der Waals surface area contributed by atoms with Gasteiger partial charge in [0.1, 0.15) is 23.7 Å². The monoisotopic (exact) mass is 329 g/mol. The molecule has 0 radical (unpaired) electrons. The van der Waals surface area contributed by atoms with Crippen LogP contribution in [-0.2, 0) is 0 Å². The third-order valence-corrected chi connectivity index (χ3v) is 4.06. The van der Waals surface area contributed by atoms with Gasteiger partial charge in [-0.1, -0.05) is 11.6 Å². The number of ether oxygens (including phenoxy) is 1. The quantitative estimate of drug-likeness (QED) is 0.658. The zero-order chi connectivity index (χ0) is 16.4. The van der Waals surface area contributed by atoms with E-state index >= 15 is 0 Å². The predicted molar refractivity (Wildman–Crippen MR) is 95.4 cm³/mol. The van der Waals surface area contributed by atoms with Crippen LogP contribution in [0.15, 0.2) is 46.9 Å². The van der Waals surface area contributed by atoms with Gasteiger partial charge in [-0.15, -0.1) is 0 Å². The Morgan fingerprint density at radius 1 is 1.09 bits per heavy atom. The lowest BCUT2D eigenvalue weighted by molar-refractivity contribution is 0.261. The van der Waals surface area contributed by atoms with Crippen molar-refractivity contribution in [2.45, 2.75) is 6.92 Å². The second-order valence-corrected chi connectivity index (χ2v) is 6.31. The Kier molecular flexibility index (Phi) is 4.60. The smallest absolute Gasteiger partial charge is 0.138 e. The first kappa shape index (κ1) is 15.9. The number of likely N-dealkylation sites (N-methyl/N-ethyl adjacent to an activating group) is 1. The molecule has 3 nitrogen and oxygen atoms in total. The van der Waals surface area contributed by atoms with Gasteiger partial charge in [0.2, 0.25) is 0 Å². The van der Waals surface area contributed by atoms with Crippen molar-refractivity contribution >= 4 is 22.6 Å². The van der Waals surface area contributed by atoms with E-state index in [-0.39, 0.29) is 0 Å². The van der Waals surface area contributed by atoms with Crippen LogP contribution in [0, 0.1) is 6.92 Å². The fourth-order valence-electron chi connectivity index (χ4n) is 2.52. The van der Waals surface area contributed by atoms with Crippen molar-refractivity contribution in [2.24, 2.45) is 0 Å². The van der Waals surface area contributed by atoms with E-state index in [9.17, 15) is 0 Å². The number of rotatable bonds is 5. The van der Waals surface area contributed by atoms with Gasteiger partial charge in [0.05, 0.1) is 0 Å². The Labute approximate surface area is 141 Å². The van der Waals surface area contributed by atoms with Crippen molar-refractivity contribution in [2.75, 3.05) is 27.2 Å². The van der Waals surface area contributed by atoms with Crippen LogP contribution >= 0.6 is 11.6 Å². The Morgan fingerprint density at radius 3 is 2.52 bits per heavy atom. The summed E-state index contributed by atoms with van der Waals surface area (Å²) in [7, 11) is 4.06. The average molecular weight is 330 g/mol. The van der Waals surface area contributed by atoms with Crippen molar-refractivity contribution < 1.29 is 9.15 Å². The van der Waals surface area contributed by atoms with Gasteiger partial charge in [-0.25, -0.2) is 0 Å². The van der Waals surface area contributed by atoms with Crippen LogP contribution < -0.4 is 4.74 Å². The number of hydrogen-bond donors (Lipinski definition) is 0. The molecule has 0 aliphatic heterocycles. The second kappa shape index (κ2) is 6.65. The maximum absolute atomic E-state index is 6.08. The van der Waals surface area contributed by atoms with Crippen molar-refractivity contribution in [1.29, 1.82) is 0 Å². The summed E-state index contributed by atoms with van der Waals surface area (Å²) in [6.45, 7) is 3.62. The molecule has 0 saturated heterocycles. The molecule has 0 fully saturated rings. The Morgan fingerprint density at radius 2 is 1.83 bits per heavy atom. The predicted octanol–water partition coefficient (Wildman–Crippen LogP) is 5.00.